The van der Waals surface area contributed by atoms with Crippen LogP contribution in [-0.2, 0) is 14.3 Å². The number of alkyl carbamates (subject to hydrolysis) is 1. The number of rotatable bonds is 9. The highest BCUT2D eigenvalue weighted by molar-refractivity contribution is 5.76. The third-order valence-electron chi connectivity index (χ3n) is 3.16. The van der Waals surface area contributed by atoms with Gasteiger partial charge in [-0.1, -0.05) is 13.3 Å². The van der Waals surface area contributed by atoms with Gasteiger partial charge in [0.05, 0.1) is 5.41 Å². The number of hydrogen-bond acceptors (Lipinski definition) is 4. The van der Waals surface area contributed by atoms with E-state index in [1.165, 1.54) is 0 Å². The molecule has 0 saturated carbocycles. The fourth-order valence-electron chi connectivity index (χ4n) is 2.18. The third kappa shape index (κ3) is 7.90. The van der Waals surface area contributed by atoms with Gasteiger partial charge < -0.3 is 19.9 Å². The molecule has 0 radical (unpaired) electrons. The minimum absolute atomic E-state index is 0.0643. The van der Waals surface area contributed by atoms with Crippen molar-refractivity contribution in [2.75, 3.05) is 20.3 Å². The average molecular weight is 303 g/mol. The Balaban J connectivity index is 4.72. The number of carbonyl (C=O) groups is 2. The van der Waals surface area contributed by atoms with Gasteiger partial charge in [0.15, 0.2) is 0 Å². The quantitative estimate of drug-likeness (QED) is 0.640. The standard InChI is InChI=1S/C15H29NO5/c1-6-8-15(12(17)18,9-7-10-20-5)11-16-13(19)21-14(2,3)4/h6-11H2,1-5H3,(H,16,19)(H,17,18). The monoisotopic (exact) mass is 303 g/mol. The van der Waals surface area contributed by atoms with E-state index in [0.29, 0.717) is 25.9 Å². The first-order valence-corrected chi connectivity index (χ1v) is 7.36. The summed E-state index contributed by atoms with van der Waals surface area (Å²) in [4.78, 5) is 23.4. The second-order valence-electron chi connectivity index (χ2n) is 6.29. The number of nitrogens with one attached hydrogen (secondary N) is 1. The third-order valence-corrected chi connectivity index (χ3v) is 3.16. The Hall–Kier alpha value is -1.30. The molecule has 0 aromatic carbocycles. The van der Waals surface area contributed by atoms with Crippen LogP contribution in [0.5, 0.6) is 0 Å². The lowest BCUT2D eigenvalue weighted by atomic mass is 9.79. The lowest BCUT2D eigenvalue weighted by Gasteiger charge is -2.30. The van der Waals surface area contributed by atoms with Gasteiger partial charge in [-0.25, -0.2) is 4.79 Å². The molecule has 0 bridgehead atoms. The van der Waals surface area contributed by atoms with Gasteiger partial charge in [0, 0.05) is 20.3 Å². The van der Waals surface area contributed by atoms with E-state index in [0.717, 1.165) is 6.42 Å². The van der Waals surface area contributed by atoms with Crippen LogP contribution in [0.2, 0.25) is 0 Å². The summed E-state index contributed by atoms with van der Waals surface area (Å²) in [5.41, 5.74) is -1.57. The molecule has 0 aromatic heterocycles. The molecule has 0 fully saturated rings. The molecule has 2 N–H and O–H groups in total. The topological polar surface area (TPSA) is 84.9 Å². The van der Waals surface area contributed by atoms with Crippen molar-refractivity contribution >= 4 is 12.1 Å². The summed E-state index contributed by atoms with van der Waals surface area (Å²) in [6.07, 6.45) is 1.74. The molecule has 0 rings (SSSR count). The summed E-state index contributed by atoms with van der Waals surface area (Å²) in [5, 5.41) is 12.2. The number of hydrogen-bond donors (Lipinski definition) is 2. The summed E-state index contributed by atoms with van der Waals surface area (Å²) in [7, 11) is 1.58. The van der Waals surface area contributed by atoms with Crippen LogP contribution in [0.3, 0.4) is 0 Å². The van der Waals surface area contributed by atoms with Crippen molar-refractivity contribution in [3.05, 3.63) is 0 Å². The molecule has 0 aliphatic carbocycles. The van der Waals surface area contributed by atoms with Gasteiger partial charge in [0.1, 0.15) is 5.60 Å². The van der Waals surface area contributed by atoms with Gasteiger partial charge in [-0.15, -0.1) is 0 Å². The van der Waals surface area contributed by atoms with E-state index >= 15 is 0 Å². The summed E-state index contributed by atoms with van der Waals surface area (Å²) < 4.78 is 10.1. The zero-order valence-electron chi connectivity index (χ0n) is 13.8. The molecule has 124 valence electrons. The van der Waals surface area contributed by atoms with Crippen LogP contribution in [0, 0.1) is 5.41 Å². The van der Waals surface area contributed by atoms with Crippen LogP contribution >= 0.6 is 0 Å². The van der Waals surface area contributed by atoms with Gasteiger partial charge >= 0.3 is 12.1 Å². The molecule has 21 heavy (non-hydrogen) atoms. The molecule has 1 unspecified atom stereocenters. The molecule has 6 heteroatoms. The molecule has 0 saturated heterocycles. The van der Waals surface area contributed by atoms with Gasteiger partial charge in [-0.3, -0.25) is 4.79 Å². The van der Waals surface area contributed by atoms with Crippen molar-refractivity contribution in [2.24, 2.45) is 5.41 Å². The summed E-state index contributed by atoms with van der Waals surface area (Å²) in [6, 6.07) is 0. The Morgan fingerprint density at radius 2 is 1.81 bits per heavy atom. The van der Waals surface area contributed by atoms with Crippen LogP contribution in [0.25, 0.3) is 0 Å². The van der Waals surface area contributed by atoms with E-state index < -0.39 is 23.1 Å². The Morgan fingerprint density at radius 1 is 1.19 bits per heavy atom. The van der Waals surface area contributed by atoms with E-state index in [9.17, 15) is 14.7 Å². The fraction of sp³-hybridized carbons (Fsp3) is 0.867. The largest absolute Gasteiger partial charge is 0.481 e. The van der Waals surface area contributed by atoms with E-state index in [-0.39, 0.29) is 6.54 Å². The number of ether oxygens (including phenoxy) is 2. The zero-order valence-corrected chi connectivity index (χ0v) is 13.8. The molecule has 0 aliphatic rings. The lowest BCUT2D eigenvalue weighted by molar-refractivity contribution is -0.149. The van der Waals surface area contributed by atoms with Crippen LogP contribution < -0.4 is 5.32 Å². The first kappa shape index (κ1) is 19.7. The number of aliphatic carboxylic acids is 1. The molecule has 1 amide bonds. The summed E-state index contributed by atoms with van der Waals surface area (Å²) >= 11 is 0. The molecular weight excluding hydrogens is 274 g/mol. The Morgan fingerprint density at radius 3 is 2.24 bits per heavy atom. The van der Waals surface area contributed by atoms with Crippen molar-refractivity contribution in [3.63, 3.8) is 0 Å². The van der Waals surface area contributed by atoms with E-state index in [1.54, 1.807) is 27.9 Å². The first-order chi connectivity index (χ1) is 9.67. The van der Waals surface area contributed by atoms with Crippen molar-refractivity contribution in [1.82, 2.24) is 5.32 Å². The van der Waals surface area contributed by atoms with Crippen molar-refractivity contribution in [2.45, 2.75) is 59.0 Å². The SMILES string of the molecule is CCCC(CCCOC)(CNC(=O)OC(C)(C)C)C(=O)O. The predicted octanol–water partition coefficient (Wildman–Crippen LogP) is 2.81. The maximum absolute atomic E-state index is 11.7. The minimum atomic E-state index is -0.968. The maximum atomic E-state index is 11.7. The highest BCUT2D eigenvalue weighted by Gasteiger charge is 2.37. The normalized spacial score (nSPS) is 14.3. The van der Waals surface area contributed by atoms with Crippen LogP contribution in [-0.4, -0.2) is 43.0 Å². The van der Waals surface area contributed by atoms with Gasteiger partial charge in [-0.2, -0.15) is 0 Å². The van der Waals surface area contributed by atoms with Crippen LogP contribution in [0.15, 0.2) is 0 Å². The van der Waals surface area contributed by atoms with E-state index in [2.05, 4.69) is 5.32 Å². The van der Waals surface area contributed by atoms with Crippen LogP contribution in [0.4, 0.5) is 4.79 Å². The molecule has 0 heterocycles. The van der Waals surface area contributed by atoms with Gasteiger partial charge in [0.25, 0.3) is 0 Å². The highest BCUT2D eigenvalue weighted by atomic mass is 16.6. The van der Waals surface area contributed by atoms with Crippen LogP contribution in [0.1, 0.15) is 53.4 Å². The van der Waals surface area contributed by atoms with Gasteiger partial charge in [0.2, 0.25) is 0 Å². The van der Waals surface area contributed by atoms with Crippen molar-refractivity contribution < 1.29 is 24.2 Å². The number of carboxylic acid groups (broad SMARTS) is 1. The Kier molecular flexibility index (Phi) is 8.32. The molecule has 1 atom stereocenters. The first-order valence-electron chi connectivity index (χ1n) is 7.36. The fourth-order valence-corrected chi connectivity index (χ4v) is 2.18. The molecule has 6 nitrogen and oxygen atoms in total. The second kappa shape index (κ2) is 8.87. The van der Waals surface area contributed by atoms with Gasteiger partial charge in [-0.05, 0) is 40.0 Å². The number of carbonyl (C=O) groups excluding carboxylic acids is 1. The zero-order chi connectivity index (χ0) is 16.5. The Labute approximate surface area is 127 Å². The summed E-state index contributed by atoms with van der Waals surface area (Å²) in [6.45, 7) is 7.80. The minimum Gasteiger partial charge on any atom is -0.481 e. The van der Waals surface area contributed by atoms with Crippen molar-refractivity contribution in [3.8, 4) is 0 Å². The smallest absolute Gasteiger partial charge is 0.407 e. The van der Waals surface area contributed by atoms with Crippen molar-refractivity contribution in [1.29, 1.82) is 0 Å². The number of methoxy groups -OCH3 is 1. The Bertz CT molecular complexity index is 337. The molecule has 0 aromatic rings. The maximum Gasteiger partial charge on any atom is 0.407 e. The molecular formula is C15H29NO5. The second-order valence-corrected chi connectivity index (χ2v) is 6.29. The van der Waals surface area contributed by atoms with E-state index in [4.69, 9.17) is 9.47 Å². The molecule has 0 aliphatic heterocycles. The summed E-state index contributed by atoms with van der Waals surface area (Å²) in [5.74, 6) is -0.892. The molecule has 0 spiro atoms. The number of amides is 1. The predicted molar refractivity (Wildman–Crippen MR) is 80.3 cm³/mol. The number of carboxylic acids is 1. The average Bonchev–Trinajstić information content (AvgIpc) is 2.33. The lowest BCUT2D eigenvalue weighted by Crippen LogP contribution is -2.44. The highest BCUT2D eigenvalue weighted by Crippen LogP contribution is 2.30. The van der Waals surface area contributed by atoms with E-state index in [1.807, 2.05) is 6.92 Å².